The first-order chi connectivity index (χ1) is 11.1. The number of benzene rings is 2. The maximum Gasteiger partial charge on any atom is 0.227 e. The molecule has 0 bridgehead atoms. The molecule has 2 N–H and O–H groups in total. The van der Waals surface area contributed by atoms with Crippen molar-refractivity contribution in [3.63, 3.8) is 0 Å². The van der Waals surface area contributed by atoms with E-state index in [1.807, 2.05) is 30.3 Å². The summed E-state index contributed by atoms with van der Waals surface area (Å²) in [5, 5.41) is -0.0620. The summed E-state index contributed by atoms with van der Waals surface area (Å²) >= 11 is 0. The second kappa shape index (κ2) is 6.36. The van der Waals surface area contributed by atoms with E-state index in [0.717, 1.165) is 5.56 Å². The molecule has 0 radical (unpaired) electrons. The highest BCUT2D eigenvalue weighted by atomic mass is 32.2. The standard InChI is InChI=1S/C17H16N2O3S/c18-12-11-15-17(23(20,21)14-9-5-2-6-10-14)19-16(22-15)13-7-3-1-4-8-13/h1-10H,11-12,18H2. The molecule has 0 fully saturated rings. The first-order valence-corrected chi connectivity index (χ1v) is 8.66. The average Bonchev–Trinajstić information content (AvgIpc) is 3.02. The monoisotopic (exact) mass is 328 g/mol. The van der Waals surface area contributed by atoms with Crippen LogP contribution in [0.25, 0.3) is 11.5 Å². The summed E-state index contributed by atoms with van der Waals surface area (Å²) in [5.74, 6) is 0.568. The van der Waals surface area contributed by atoms with Crippen LogP contribution in [0.4, 0.5) is 0 Å². The predicted molar refractivity (Wildman–Crippen MR) is 86.6 cm³/mol. The lowest BCUT2D eigenvalue weighted by Crippen LogP contribution is -2.09. The second-order valence-electron chi connectivity index (χ2n) is 4.97. The van der Waals surface area contributed by atoms with Crippen LogP contribution in [-0.2, 0) is 16.3 Å². The topological polar surface area (TPSA) is 86.2 Å². The molecule has 1 heterocycles. The average molecular weight is 328 g/mol. The third-order valence-electron chi connectivity index (χ3n) is 3.36. The lowest BCUT2D eigenvalue weighted by atomic mass is 10.2. The number of hydrogen-bond acceptors (Lipinski definition) is 5. The molecular formula is C17H16N2O3S. The number of hydrogen-bond donors (Lipinski definition) is 1. The normalized spacial score (nSPS) is 11.5. The maximum absolute atomic E-state index is 12.8. The van der Waals surface area contributed by atoms with Crippen molar-refractivity contribution in [2.45, 2.75) is 16.3 Å². The molecular weight excluding hydrogens is 312 g/mol. The van der Waals surface area contributed by atoms with Gasteiger partial charge in [-0.3, -0.25) is 0 Å². The van der Waals surface area contributed by atoms with Crippen molar-refractivity contribution >= 4 is 9.84 Å². The second-order valence-corrected chi connectivity index (χ2v) is 6.83. The molecule has 3 aromatic rings. The lowest BCUT2D eigenvalue weighted by molar-refractivity contribution is 0.509. The fourth-order valence-electron chi connectivity index (χ4n) is 2.25. The van der Waals surface area contributed by atoms with E-state index >= 15 is 0 Å². The van der Waals surface area contributed by atoms with E-state index < -0.39 is 9.84 Å². The molecule has 23 heavy (non-hydrogen) atoms. The van der Waals surface area contributed by atoms with Crippen LogP contribution in [0.3, 0.4) is 0 Å². The van der Waals surface area contributed by atoms with Gasteiger partial charge < -0.3 is 10.2 Å². The molecule has 118 valence electrons. The third kappa shape index (κ3) is 3.04. The van der Waals surface area contributed by atoms with Crippen LogP contribution >= 0.6 is 0 Å². The number of aromatic nitrogens is 1. The van der Waals surface area contributed by atoms with Gasteiger partial charge in [0.1, 0.15) is 5.76 Å². The van der Waals surface area contributed by atoms with Crippen LogP contribution in [0.2, 0.25) is 0 Å². The highest BCUT2D eigenvalue weighted by Gasteiger charge is 2.27. The van der Waals surface area contributed by atoms with Gasteiger partial charge in [-0.05, 0) is 30.8 Å². The minimum Gasteiger partial charge on any atom is -0.440 e. The van der Waals surface area contributed by atoms with Gasteiger partial charge >= 0.3 is 0 Å². The van der Waals surface area contributed by atoms with Crippen LogP contribution in [-0.4, -0.2) is 19.9 Å². The Morgan fingerprint density at radius 2 is 1.57 bits per heavy atom. The van der Waals surface area contributed by atoms with E-state index in [9.17, 15) is 8.42 Å². The highest BCUT2D eigenvalue weighted by Crippen LogP contribution is 2.28. The summed E-state index contributed by atoms with van der Waals surface area (Å²) in [7, 11) is -3.74. The largest absolute Gasteiger partial charge is 0.440 e. The van der Waals surface area contributed by atoms with Crippen LogP contribution in [0.5, 0.6) is 0 Å². The fourth-order valence-corrected chi connectivity index (χ4v) is 3.64. The predicted octanol–water partition coefficient (Wildman–Crippen LogP) is 2.68. The number of rotatable bonds is 5. The molecule has 3 rings (SSSR count). The zero-order chi connectivity index (χ0) is 16.3. The molecule has 1 aromatic heterocycles. The van der Waals surface area contributed by atoms with E-state index in [1.165, 1.54) is 0 Å². The first kappa shape index (κ1) is 15.5. The number of nitrogens with two attached hydrogens (primary N) is 1. The highest BCUT2D eigenvalue weighted by molar-refractivity contribution is 7.91. The van der Waals surface area contributed by atoms with Crippen LogP contribution in [0.15, 0.2) is 75.0 Å². The van der Waals surface area contributed by atoms with Gasteiger partial charge in [-0.15, -0.1) is 0 Å². The van der Waals surface area contributed by atoms with Gasteiger partial charge in [0.05, 0.1) is 4.90 Å². The molecule has 5 nitrogen and oxygen atoms in total. The van der Waals surface area contributed by atoms with Crippen molar-refractivity contribution in [3.8, 4) is 11.5 Å². The quantitative estimate of drug-likeness (QED) is 0.778. The molecule has 0 amide bonds. The van der Waals surface area contributed by atoms with E-state index in [1.54, 1.807) is 30.3 Å². The van der Waals surface area contributed by atoms with Gasteiger partial charge in [0.15, 0.2) is 0 Å². The smallest absolute Gasteiger partial charge is 0.227 e. The Bertz CT molecular complexity index is 888. The summed E-state index contributed by atoms with van der Waals surface area (Å²) < 4.78 is 31.3. The molecule has 0 saturated carbocycles. The molecule has 2 aromatic carbocycles. The van der Waals surface area contributed by atoms with Crippen molar-refractivity contribution in [1.29, 1.82) is 0 Å². The van der Waals surface area contributed by atoms with Gasteiger partial charge in [-0.25, -0.2) is 8.42 Å². The Hall–Kier alpha value is -2.44. The molecule has 0 aliphatic rings. The van der Waals surface area contributed by atoms with Crippen molar-refractivity contribution < 1.29 is 12.8 Å². The summed E-state index contributed by atoms with van der Waals surface area (Å²) in [6, 6.07) is 17.4. The van der Waals surface area contributed by atoms with Crippen molar-refractivity contribution in [1.82, 2.24) is 4.98 Å². The van der Waals surface area contributed by atoms with Gasteiger partial charge in [0.2, 0.25) is 20.8 Å². The Balaban J connectivity index is 2.13. The number of nitrogens with zero attached hydrogens (tertiary/aromatic N) is 1. The van der Waals surface area contributed by atoms with E-state index in [0.29, 0.717) is 6.42 Å². The van der Waals surface area contributed by atoms with E-state index in [4.69, 9.17) is 10.2 Å². The van der Waals surface area contributed by atoms with Gasteiger partial charge in [0, 0.05) is 12.0 Å². The van der Waals surface area contributed by atoms with E-state index in [-0.39, 0.29) is 28.1 Å². The minimum absolute atomic E-state index is 0.0620. The van der Waals surface area contributed by atoms with Gasteiger partial charge in [-0.1, -0.05) is 36.4 Å². The number of oxazole rings is 1. The zero-order valence-electron chi connectivity index (χ0n) is 12.3. The van der Waals surface area contributed by atoms with Crippen LogP contribution < -0.4 is 5.73 Å². The molecule has 0 aliphatic heterocycles. The summed E-state index contributed by atoms with van der Waals surface area (Å²) in [4.78, 5) is 4.42. The summed E-state index contributed by atoms with van der Waals surface area (Å²) in [6.07, 6.45) is 0.307. The summed E-state index contributed by atoms with van der Waals surface area (Å²) in [5.41, 5.74) is 6.30. The third-order valence-corrected chi connectivity index (χ3v) is 5.08. The Morgan fingerprint density at radius 3 is 2.17 bits per heavy atom. The van der Waals surface area contributed by atoms with Crippen molar-refractivity contribution in [2.75, 3.05) is 6.54 Å². The minimum atomic E-state index is -3.74. The Morgan fingerprint density at radius 1 is 0.957 bits per heavy atom. The van der Waals surface area contributed by atoms with Gasteiger partial charge in [-0.2, -0.15) is 4.98 Å². The first-order valence-electron chi connectivity index (χ1n) is 7.18. The lowest BCUT2D eigenvalue weighted by Gasteiger charge is -2.02. The van der Waals surface area contributed by atoms with E-state index in [2.05, 4.69) is 4.98 Å². The fraction of sp³-hybridized carbons (Fsp3) is 0.118. The Labute approximate surface area is 134 Å². The molecule has 0 aliphatic carbocycles. The SMILES string of the molecule is NCCc1oc(-c2ccccc2)nc1S(=O)(=O)c1ccccc1. The van der Waals surface area contributed by atoms with Crippen molar-refractivity contribution in [2.24, 2.45) is 5.73 Å². The summed E-state index contributed by atoms with van der Waals surface area (Å²) in [6.45, 7) is 0.279. The van der Waals surface area contributed by atoms with Crippen LogP contribution in [0, 0.1) is 0 Å². The molecule has 0 spiro atoms. The number of sulfone groups is 1. The molecule has 0 atom stereocenters. The van der Waals surface area contributed by atoms with Crippen molar-refractivity contribution in [3.05, 3.63) is 66.4 Å². The van der Waals surface area contributed by atoms with Gasteiger partial charge in [0.25, 0.3) is 0 Å². The maximum atomic E-state index is 12.8. The molecule has 0 unspecified atom stereocenters. The molecule has 6 heteroatoms. The molecule has 0 saturated heterocycles. The van der Waals surface area contributed by atoms with Crippen LogP contribution in [0.1, 0.15) is 5.76 Å². The Kier molecular flexibility index (Phi) is 4.27. The zero-order valence-corrected chi connectivity index (χ0v) is 13.2.